The number of thiophene rings is 1. The first-order valence-corrected chi connectivity index (χ1v) is 10.1. The molecule has 3 nitrogen and oxygen atoms in total. The predicted octanol–water partition coefficient (Wildman–Crippen LogP) is 6.15. The smallest absolute Gasteiger partial charge is 0.258 e. The minimum absolute atomic E-state index is 0.176. The van der Waals surface area contributed by atoms with Gasteiger partial charge >= 0.3 is 0 Å². The fourth-order valence-corrected chi connectivity index (χ4v) is 4.75. The molecule has 0 fully saturated rings. The average molecular weight is 401 g/mol. The number of thiazole rings is 1. The summed E-state index contributed by atoms with van der Waals surface area (Å²) in [5.41, 5.74) is 2.12. The second-order valence-electron chi connectivity index (χ2n) is 4.43. The third-order valence-electron chi connectivity index (χ3n) is 3.01. The van der Waals surface area contributed by atoms with Crippen LogP contribution in [0.5, 0.6) is 0 Å². The van der Waals surface area contributed by atoms with Crippen molar-refractivity contribution in [3.8, 4) is 11.3 Å². The van der Waals surface area contributed by atoms with Crippen LogP contribution in [0.3, 0.4) is 0 Å². The van der Waals surface area contributed by atoms with Gasteiger partial charge in [0.1, 0.15) is 4.34 Å². The zero-order valence-corrected chi connectivity index (χ0v) is 15.8. The zero-order valence-electron chi connectivity index (χ0n) is 11.8. The maximum atomic E-state index is 12.4. The molecule has 3 aromatic rings. The molecule has 0 bridgehead atoms. The molecule has 3 rings (SSSR count). The van der Waals surface area contributed by atoms with E-state index in [-0.39, 0.29) is 5.91 Å². The van der Waals surface area contributed by atoms with Crippen molar-refractivity contribution in [1.82, 2.24) is 4.98 Å². The van der Waals surface area contributed by atoms with E-state index in [2.05, 4.69) is 10.3 Å². The van der Waals surface area contributed by atoms with Crippen molar-refractivity contribution in [3.05, 3.63) is 49.9 Å². The monoisotopic (exact) mass is 400 g/mol. The van der Waals surface area contributed by atoms with Crippen LogP contribution in [0, 0.1) is 0 Å². The highest BCUT2D eigenvalue weighted by atomic mass is 35.5. The molecule has 8 heteroatoms. The second-order valence-corrected chi connectivity index (χ2v) is 8.42. The molecule has 1 amide bonds. The molecule has 0 aliphatic carbocycles. The molecule has 0 aliphatic rings. The van der Waals surface area contributed by atoms with Gasteiger partial charge in [-0.2, -0.15) is 0 Å². The lowest BCUT2D eigenvalue weighted by molar-refractivity contribution is 0.102. The standard InChI is InChI=1S/C15H10Cl2N2OS3/c1-21-11-5-3-2-4-8(11)14(20)19-15-18-10(7-22-15)9-6-12(16)23-13(9)17/h2-7H,1H3,(H,18,19,20). The van der Waals surface area contributed by atoms with Crippen molar-refractivity contribution in [2.45, 2.75) is 4.90 Å². The summed E-state index contributed by atoms with van der Waals surface area (Å²) >= 11 is 16.3. The highest BCUT2D eigenvalue weighted by Crippen LogP contribution is 2.39. The molecule has 2 aromatic heterocycles. The topological polar surface area (TPSA) is 42.0 Å². The average Bonchev–Trinajstić information content (AvgIpc) is 3.13. The van der Waals surface area contributed by atoms with E-state index in [4.69, 9.17) is 23.2 Å². The molecule has 2 heterocycles. The van der Waals surface area contributed by atoms with E-state index in [9.17, 15) is 4.79 Å². The number of aromatic nitrogens is 1. The molecule has 0 radical (unpaired) electrons. The van der Waals surface area contributed by atoms with E-state index in [0.717, 1.165) is 10.5 Å². The number of nitrogens with one attached hydrogen (secondary N) is 1. The van der Waals surface area contributed by atoms with E-state index in [1.165, 1.54) is 34.4 Å². The van der Waals surface area contributed by atoms with Crippen LogP contribution in [0.25, 0.3) is 11.3 Å². The Labute approximate surface area is 155 Å². The van der Waals surface area contributed by atoms with Gasteiger partial charge in [0.05, 0.1) is 15.6 Å². The first-order chi connectivity index (χ1) is 11.1. The highest BCUT2D eigenvalue weighted by molar-refractivity contribution is 7.98. The van der Waals surface area contributed by atoms with Gasteiger partial charge in [-0.1, -0.05) is 35.3 Å². The van der Waals surface area contributed by atoms with Crippen LogP contribution >= 0.6 is 57.6 Å². The number of thioether (sulfide) groups is 1. The first kappa shape index (κ1) is 16.8. The van der Waals surface area contributed by atoms with Crippen LogP contribution < -0.4 is 5.32 Å². The Morgan fingerprint density at radius 1 is 1.30 bits per heavy atom. The van der Waals surface area contributed by atoms with E-state index in [1.807, 2.05) is 29.8 Å². The van der Waals surface area contributed by atoms with E-state index >= 15 is 0 Å². The Balaban J connectivity index is 1.82. The molecule has 0 saturated heterocycles. The molecular weight excluding hydrogens is 391 g/mol. The summed E-state index contributed by atoms with van der Waals surface area (Å²) in [6.45, 7) is 0. The van der Waals surface area contributed by atoms with Crippen LogP contribution in [0.2, 0.25) is 8.67 Å². The molecule has 0 saturated carbocycles. The molecule has 1 aromatic carbocycles. The molecule has 1 N–H and O–H groups in total. The molecule has 0 aliphatic heterocycles. The quantitative estimate of drug-likeness (QED) is 0.533. The number of benzene rings is 1. The van der Waals surface area contributed by atoms with Gasteiger partial charge in [0.2, 0.25) is 0 Å². The number of carbonyl (C=O) groups excluding carboxylic acids is 1. The Hall–Kier alpha value is -1.05. The normalized spacial score (nSPS) is 10.7. The van der Waals surface area contributed by atoms with Gasteiger partial charge in [-0.15, -0.1) is 34.4 Å². The van der Waals surface area contributed by atoms with Crippen molar-refractivity contribution in [2.75, 3.05) is 11.6 Å². The van der Waals surface area contributed by atoms with Gasteiger partial charge < -0.3 is 0 Å². The Morgan fingerprint density at radius 3 is 2.78 bits per heavy atom. The van der Waals surface area contributed by atoms with Crippen molar-refractivity contribution in [1.29, 1.82) is 0 Å². The van der Waals surface area contributed by atoms with Gasteiger partial charge in [-0.25, -0.2) is 4.98 Å². The fourth-order valence-electron chi connectivity index (χ4n) is 1.97. The number of amides is 1. The number of hydrogen-bond acceptors (Lipinski definition) is 5. The maximum absolute atomic E-state index is 12.4. The van der Waals surface area contributed by atoms with Gasteiger partial charge in [0.25, 0.3) is 5.91 Å². The van der Waals surface area contributed by atoms with Crippen LogP contribution in [0.4, 0.5) is 5.13 Å². The third-order valence-corrected chi connectivity index (χ3v) is 6.05. The Bertz CT molecular complexity index is 860. The molecule has 0 atom stereocenters. The molecular formula is C15H10Cl2N2OS3. The van der Waals surface area contributed by atoms with Gasteiger partial charge in [-0.05, 0) is 24.5 Å². The van der Waals surface area contributed by atoms with Crippen molar-refractivity contribution < 1.29 is 4.79 Å². The molecule has 118 valence electrons. The van der Waals surface area contributed by atoms with Crippen LogP contribution in [0.1, 0.15) is 10.4 Å². The largest absolute Gasteiger partial charge is 0.298 e. The third kappa shape index (κ3) is 3.72. The summed E-state index contributed by atoms with van der Waals surface area (Å²) in [4.78, 5) is 17.8. The highest BCUT2D eigenvalue weighted by Gasteiger charge is 2.15. The molecule has 23 heavy (non-hydrogen) atoms. The maximum Gasteiger partial charge on any atom is 0.258 e. The summed E-state index contributed by atoms with van der Waals surface area (Å²) in [6.07, 6.45) is 1.94. The predicted molar refractivity (Wildman–Crippen MR) is 102 cm³/mol. The minimum atomic E-state index is -0.176. The lowest BCUT2D eigenvalue weighted by Gasteiger charge is -2.06. The molecule has 0 unspecified atom stereocenters. The van der Waals surface area contributed by atoms with Crippen molar-refractivity contribution in [2.24, 2.45) is 0 Å². The number of hydrogen-bond donors (Lipinski definition) is 1. The van der Waals surface area contributed by atoms with Crippen LogP contribution in [-0.4, -0.2) is 17.1 Å². The number of halogens is 2. The van der Waals surface area contributed by atoms with E-state index < -0.39 is 0 Å². The summed E-state index contributed by atoms with van der Waals surface area (Å²) in [5.74, 6) is -0.176. The summed E-state index contributed by atoms with van der Waals surface area (Å²) in [6, 6.07) is 9.24. The number of anilines is 1. The number of carbonyl (C=O) groups is 1. The van der Waals surface area contributed by atoms with Crippen LogP contribution in [0.15, 0.2) is 40.6 Å². The first-order valence-electron chi connectivity index (χ1n) is 6.43. The van der Waals surface area contributed by atoms with E-state index in [0.29, 0.717) is 25.1 Å². The Kier molecular flexibility index (Phi) is 5.28. The minimum Gasteiger partial charge on any atom is -0.298 e. The lowest BCUT2D eigenvalue weighted by atomic mass is 10.2. The molecule has 0 spiro atoms. The lowest BCUT2D eigenvalue weighted by Crippen LogP contribution is -2.12. The van der Waals surface area contributed by atoms with Crippen molar-refractivity contribution in [3.63, 3.8) is 0 Å². The van der Waals surface area contributed by atoms with E-state index in [1.54, 1.807) is 12.1 Å². The summed E-state index contributed by atoms with van der Waals surface area (Å²) < 4.78 is 1.20. The zero-order chi connectivity index (χ0) is 16.4. The summed E-state index contributed by atoms with van der Waals surface area (Å²) in [7, 11) is 0. The number of nitrogens with zero attached hydrogens (tertiary/aromatic N) is 1. The van der Waals surface area contributed by atoms with Gasteiger partial charge in [0, 0.05) is 15.8 Å². The fraction of sp³-hybridized carbons (Fsp3) is 0.0667. The van der Waals surface area contributed by atoms with Gasteiger partial charge in [0.15, 0.2) is 5.13 Å². The Morgan fingerprint density at radius 2 is 2.09 bits per heavy atom. The summed E-state index contributed by atoms with van der Waals surface area (Å²) in [5, 5.41) is 5.21. The number of rotatable bonds is 4. The second kappa shape index (κ2) is 7.23. The van der Waals surface area contributed by atoms with Gasteiger partial charge in [-0.3, -0.25) is 10.1 Å². The van der Waals surface area contributed by atoms with Crippen LogP contribution in [-0.2, 0) is 0 Å². The van der Waals surface area contributed by atoms with Crippen molar-refractivity contribution >= 4 is 68.7 Å². The SMILES string of the molecule is CSc1ccccc1C(=O)Nc1nc(-c2cc(Cl)sc2Cl)cs1.